The second-order valence-electron chi connectivity index (χ2n) is 17.8. The highest BCUT2D eigenvalue weighted by Gasteiger charge is 2.44. The van der Waals surface area contributed by atoms with Crippen LogP contribution in [0.25, 0.3) is 0 Å². The minimum Gasteiger partial charge on any atom is -0.508 e. The van der Waals surface area contributed by atoms with Crippen molar-refractivity contribution in [1.29, 1.82) is 0 Å². The molecule has 10 N–H and O–H groups in total. The van der Waals surface area contributed by atoms with Crippen LogP contribution in [0.4, 0.5) is 4.79 Å². The van der Waals surface area contributed by atoms with E-state index in [4.69, 9.17) is 10.5 Å². The molecule has 8 amide bonds. The van der Waals surface area contributed by atoms with Crippen LogP contribution in [0.3, 0.4) is 0 Å². The minimum absolute atomic E-state index is 0.00714. The summed E-state index contributed by atoms with van der Waals surface area (Å²) in [7, 11) is 0. The number of amides is 8. The van der Waals surface area contributed by atoms with E-state index in [1.807, 2.05) is 0 Å². The average Bonchev–Trinajstić information content (AvgIpc) is 3.20. The molecule has 0 radical (unpaired) electrons. The summed E-state index contributed by atoms with van der Waals surface area (Å²) in [4.78, 5) is 107. The normalized spacial score (nSPS) is 15.9. The number of phenolic OH excluding ortho intramolecular Hbond substituents is 1. The van der Waals surface area contributed by atoms with E-state index in [0.29, 0.717) is 24.0 Å². The Labute approximate surface area is 369 Å². The zero-order valence-electron chi connectivity index (χ0n) is 37.6. The Balaban J connectivity index is 1.84. The summed E-state index contributed by atoms with van der Waals surface area (Å²) in [6.45, 7) is 12.9. The Hall–Kier alpha value is -6.20. The highest BCUT2D eigenvalue weighted by Crippen LogP contribution is 2.29. The monoisotopic (exact) mass is 878 g/mol. The standard InChI is InChI=1S/C45H66N8O10/c1-26(2)35(40(59)47-25-34(46)55)51-41(60)36(27(3)4)52-42(61)45(21-13-10-14-22-45)53-39(58)33(23-29-15-11-9-12-16-29)49-37(56)28(5)48-38(57)32(50-43(62)63-44(6,7)8)24-30-17-19-31(54)20-18-30/h9,11-12,15-20,26-28,32-33,35-36,54H,10,13-14,21-25H2,1-8H3,(H2,46,55)(H,47,59)(H,48,57)(H,49,56)(H,50,62)(H,51,60)(H,52,61)(H,53,58)/t28-,32+,33+,35+,36+/m1/s1. The number of primary amides is 1. The molecule has 0 spiro atoms. The third-order valence-corrected chi connectivity index (χ3v) is 10.5. The van der Waals surface area contributed by atoms with Gasteiger partial charge in [0.1, 0.15) is 47.1 Å². The van der Waals surface area contributed by atoms with Gasteiger partial charge in [0.2, 0.25) is 41.4 Å². The first kappa shape index (κ1) is 51.2. The molecule has 3 rings (SSSR count). The number of aromatic hydroxyl groups is 1. The quantitative estimate of drug-likeness (QED) is 0.0930. The Morgan fingerprint density at radius 2 is 1.19 bits per heavy atom. The molecular weight excluding hydrogens is 813 g/mol. The summed E-state index contributed by atoms with van der Waals surface area (Å²) >= 11 is 0. The van der Waals surface area contributed by atoms with Gasteiger partial charge in [-0.05, 0) is 75.6 Å². The Morgan fingerprint density at radius 3 is 1.73 bits per heavy atom. The van der Waals surface area contributed by atoms with Crippen LogP contribution in [0.1, 0.15) is 98.6 Å². The third kappa shape index (κ3) is 16.5. The maximum atomic E-state index is 14.4. The zero-order chi connectivity index (χ0) is 47.1. The van der Waals surface area contributed by atoms with Crippen LogP contribution in [-0.2, 0) is 51.1 Å². The molecule has 2 aromatic rings. The van der Waals surface area contributed by atoms with Crippen molar-refractivity contribution >= 4 is 47.4 Å². The molecule has 1 aliphatic rings. The van der Waals surface area contributed by atoms with E-state index >= 15 is 0 Å². The molecule has 1 saturated carbocycles. The fraction of sp³-hybridized carbons (Fsp3) is 0.556. The number of carbonyl (C=O) groups excluding carboxylic acids is 8. The Bertz CT molecular complexity index is 1910. The molecule has 0 saturated heterocycles. The molecule has 0 bridgehead atoms. The number of carbonyl (C=O) groups is 8. The molecule has 346 valence electrons. The minimum atomic E-state index is -1.46. The van der Waals surface area contributed by atoms with Crippen LogP contribution >= 0.6 is 0 Å². The van der Waals surface area contributed by atoms with Crippen molar-refractivity contribution in [2.45, 2.75) is 142 Å². The highest BCUT2D eigenvalue weighted by atomic mass is 16.6. The summed E-state index contributed by atoms with van der Waals surface area (Å²) in [6.07, 6.45) is 1.61. The van der Waals surface area contributed by atoms with Crippen molar-refractivity contribution in [2.75, 3.05) is 6.54 Å². The number of ether oxygens (including phenoxy) is 1. The first-order valence-electron chi connectivity index (χ1n) is 21.4. The van der Waals surface area contributed by atoms with Gasteiger partial charge in [-0.1, -0.05) is 89.4 Å². The summed E-state index contributed by atoms with van der Waals surface area (Å²) in [5.41, 5.74) is 4.15. The number of alkyl carbamates (subject to hydrolysis) is 1. The Morgan fingerprint density at radius 1 is 0.651 bits per heavy atom. The summed E-state index contributed by atoms with van der Waals surface area (Å²) in [6, 6.07) is 9.17. The predicted octanol–water partition coefficient (Wildman–Crippen LogP) is 1.76. The van der Waals surface area contributed by atoms with Gasteiger partial charge in [-0.3, -0.25) is 33.6 Å². The first-order valence-corrected chi connectivity index (χ1v) is 21.4. The molecule has 63 heavy (non-hydrogen) atoms. The van der Waals surface area contributed by atoms with Crippen molar-refractivity contribution in [3.05, 3.63) is 65.7 Å². The third-order valence-electron chi connectivity index (χ3n) is 10.5. The summed E-state index contributed by atoms with van der Waals surface area (Å²) in [5.74, 6) is -5.55. The molecule has 18 heteroatoms. The zero-order valence-corrected chi connectivity index (χ0v) is 37.6. The maximum Gasteiger partial charge on any atom is 0.408 e. The van der Waals surface area contributed by atoms with Crippen LogP contribution in [0.15, 0.2) is 54.6 Å². The number of nitrogens with two attached hydrogens (primary N) is 1. The largest absolute Gasteiger partial charge is 0.508 e. The highest BCUT2D eigenvalue weighted by molar-refractivity contribution is 5.99. The number of benzene rings is 2. The lowest BCUT2D eigenvalue weighted by Crippen LogP contribution is -2.66. The number of rotatable bonds is 20. The number of hydrogen-bond acceptors (Lipinski definition) is 10. The summed E-state index contributed by atoms with van der Waals surface area (Å²) < 4.78 is 5.37. The molecule has 1 aliphatic carbocycles. The number of phenols is 1. The van der Waals surface area contributed by atoms with Gasteiger partial charge in [-0.25, -0.2) is 4.79 Å². The van der Waals surface area contributed by atoms with E-state index in [1.54, 1.807) is 90.9 Å². The van der Waals surface area contributed by atoms with E-state index in [2.05, 4.69) is 37.2 Å². The van der Waals surface area contributed by atoms with E-state index in [9.17, 15) is 43.5 Å². The topological polar surface area (TPSA) is 276 Å². The fourth-order valence-electron chi connectivity index (χ4n) is 7.03. The van der Waals surface area contributed by atoms with E-state index in [-0.39, 0.29) is 37.4 Å². The van der Waals surface area contributed by atoms with Gasteiger partial charge in [0, 0.05) is 12.8 Å². The second kappa shape index (κ2) is 23.3. The van der Waals surface area contributed by atoms with Crippen LogP contribution in [0, 0.1) is 11.8 Å². The van der Waals surface area contributed by atoms with Gasteiger partial charge in [0.05, 0.1) is 6.54 Å². The van der Waals surface area contributed by atoms with Crippen molar-refractivity contribution in [3.8, 4) is 5.75 Å². The van der Waals surface area contributed by atoms with E-state index in [1.165, 1.54) is 19.1 Å². The van der Waals surface area contributed by atoms with Crippen molar-refractivity contribution in [1.82, 2.24) is 37.2 Å². The maximum absolute atomic E-state index is 14.4. The van der Waals surface area contributed by atoms with E-state index in [0.717, 1.165) is 6.42 Å². The van der Waals surface area contributed by atoms with Crippen LogP contribution in [-0.4, -0.2) is 100 Å². The van der Waals surface area contributed by atoms with Gasteiger partial charge in [0.15, 0.2) is 0 Å². The molecule has 18 nitrogen and oxygen atoms in total. The van der Waals surface area contributed by atoms with Crippen LogP contribution in [0.2, 0.25) is 0 Å². The van der Waals surface area contributed by atoms with Gasteiger partial charge in [-0.2, -0.15) is 0 Å². The SMILES string of the molecule is CC(C)[C@H](NC(=O)[C@@H](NC(=O)C1(NC(=O)[C@H](Cc2ccccc2)NC(=O)[C@@H](C)NC(=O)[C@H](Cc2ccc(O)cc2)NC(=O)OC(C)(C)C)CCCCC1)C(C)C)C(=O)NCC(N)=O. The molecule has 0 unspecified atom stereocenters. The lowest BCUT2D eigenvalue weighted by atomic mass is 9.80. The second-order valence-corrected chi connectivity index (χ2v) is 17.8. The van der Waals surface area contributed by atoms with Crippen molar-refractivity contribution in [2.24, 2.45) is 17.6 Å². The molecule has 5 atom stereocenters. The van der Waals surface area contributed by atoms with Crippen LogP contribution < -0.4 is 43.0 Å². The Kier molecular flexibility index (Phi) is 18.9. The number of hydrogen-bond donors (Lipinski definition) is 9. The average molecular weight is 879 g/mol. The fourth-order valence-corrected chi connectivity index (χ4v) is 7.03. The van der Waals surface area contributed by atoms with Gasteiger partial charge >= 0.3 is 6.09 Å². The van der Waals surface area contributed by atoms with Gasteiger partial charge in [0.25, 0.3) is 0 Å². The molecule has 1 fully saturated rings. The first-order chi connectivity index (χ1) is 29.5. The lowest BCUT2D eigenvalue weighted by molar-refractivity contribution is -0.140. The van der Waals surface area contributed by atoms with Crippen molar-refractivity contribution in [3.63, 3.8) is 0 Å². The molecule has 0 aromatic heterocycles. The molecule has 2 aromatic carbocycles. The van der Waals surface area contributed by atoms with Crippen molar-refractivity contribution < 1.29 is 48.2 Å². The van der Waals surface area contributed by atoms with Gasteiger partial charge < -0.3 is 52.8 Å². The molecular formula is C45H66N8O10. The van der Waals surface area contributed by atoms with Gasteiger partial charge in [-0.15, -0.1) is 0 Å². The lowest BCUT2D eigenvalue weighted by Gasteiger charge is -2.39. The molecule has 0 aliphatic heterocycles. The molecule has 0 heterocycles. The summed E-state index contributed by atoms with van der Waals surface area (Å²) in [5, 5.41) is 28.6. The smallest absolute Gasteiger partial charge is 0.408 e. The van der Waals surface area contributed by atoms with E-state index < -0.39 is 101 Å². The van der Waals surface area contributed by atoms with Crippen LogP contribution in [0.5, 0.6) is 5.75 Å². The number of nitrogens with one attached hydrogen (secondary N) is 7. The predicted molar refractivity (Wildman–Crippen MR) is 234 cm³/mol.